The molecule has 1 aromatic carbocycles. The topological polar surface area (TPSA) is 33.5 Å². The van der Waals surface area contributed by atoms with Gasteiger partial charge < -0.3 is 9.32 Å². The highest BCUT2D eigenvalue weighted by Crippen LogP contribution is 2.32. The number of rotatable bonds is 4. The van der Waals surface area contributed by atoms with Gasteiger partial charge in [0.25, 0.3) is 0 Å². The quantitative estimate of drug-likeness (QED) is 0.521. The predicted octanol–water partition coefficient (Wildman–Crippen LogP) is 4.57. The summed E-state index contributed by atoms with van der Waals surface area (Å²) in [7, 11) is 1.45. The number of nitrogens with zero attached hydrogens (tertiary/aromatic N) is 1. The summed E-state index contributed by atoms with van der Waals surface area (Å²) in [6.45, 7) is -0.130. The fourth-order valence-electron chi connectivity index (χ4n) is 1.97. The molecule has 2 rings (SSSR count). The summed E-state index contributed by atoms with van der Waals surface area (Å²) in [4.78, 5) is 13.2. The first kappa shape index (κ1) is 17.6. The monoisotopic (exact) mass is 435 g/mol. The molecule has 0 fully saturated rings. The number of hydrogen-bond donors (Lipinski definition) is 0. The van der Waals surface area contributed by atoms with Gasteiger partial charge in [-0.1, -0.05) is 18.2 Å². The van der Waals surface area contributed by atoms with Gasteiger partial charge in [0.05, 0.1) is 5.56 Å². The smallest absolute Gasteiger partial charge is 0.416 e. The lowest BCUT2D eigenvalue weighted by Crippen LogP contribution is -2.25. The summed E-state index contributed by atoms with van der Waals surface area (Å²) in [6.07, 6.45) is -1.69. The SMILES string of the molecule is CN(Cc1ccccc1C(F)(F)F)C(=O)/C=C/c1ccc(I)o1. The van der Waals surface area contributed by atoms with E-state index < -0.39 is 17.6 Å². The van der Waals surface area contributed by atoms with Crippen LogP contribution in [0.2, 0.25) is 0 Å². The minimum atomic E-state index is -4.44. The minimum Gasteiger partial charge on any atom is -0.451 e. The molecule has 0 aliphatic carbocycles. The van der Waals surface area contributed by atoms with E-state index in [9.17, 15) is 18.0 Å². The normalized spacial score (nSPS) is 11.9. The number of amides is 1. The van der Waals surface area contributed by atoms with Gasteiger partial charge in [-0.3, -0.25) is 4.79 Å². The molecule has 23 heavy (non-hydrogen) atoms. The number of carbonyl (C=O) groups excluding carboxylic acids is 1. The van der Waals surface area contributed by atoms with Crippen molar-refractivity contribution in [1.82, 2.24) is 4.90 Å². The summed E-state index contributed by atoms with van der Waals surface area (Å²) >= 11 is 1.99. The van der Waals surface area contributed by atoms with Crippen LogP contribution in [0.4, 0.5) is 13.2 Å². The lowest BCUT2D eigenvalue weighted by atomic mass is 10.1. The lowest BCUT2D eigenvalue weighted by molar-refractivity contribution is -0.139. The summed E-state index contributed by atoms with van der Waals surface area (Å²) in [5.41, 5.74) is -0.680. The molecule has 0 N–H and O–H groups in total. The minimum absolute atomic E-state index is 0.0526. The van der Waals surface area contributed by atoms with Gasteiger partial charge in [0.2, 0.25) is 5.91 Å². The van der Waals surface area contributed by atoms with E-state index in [4.69, 9.17) is 4.42 Å². The first-order valence-electron chi connectivity index (χ1n) is 6.61. The number of hydrogen-bond acceptors (Lipinski definition) is 2. The number of furan rings is 1. The average molecular weight is 435 g/mol. The number of likely N-dealkylation sites (N-methyl/N-ethyl adjacent to an activating group) is 1. The van der Waals surface area contributed by atoms with Crippen LogP contribution in [-0.2, 0) is 17.5 Å². The number of carbonyl (C=O) groups is 1. The van der Waals surface area contributed by atoms with Gasteiger partial charge in [-0.05, 0) is 52.4 Å². The number of halogens is 4. The Bertz CT molecular complexity index is 722. The van der Waals surface area contributed by atoms with E-state index in [1.54, 1.807) is 12.1 Å². The van der Waals surface area contributed by atoms with Crippen molar-refractivity contribution in [2.45, 2.75) is 12.7 Å². The maximum atomic E-state index is 12.9. The first-order valence-corrected chi connectivity index (χ1v) is 7.69. The van der Waals surface area contributed by atoms with E-state index >= 15 is 0 Å². The Hall–Kier alpha value is -1.77. The lowest BCUT2D eigenvalue weighted by Gasteiger charge is -2.18. The van der Waals surface area contributed by atoms with Crippen LogP contribution in [0.5, 0.6) is 0 Å². The third-order valence-corrected chi connectivity index (χ3v) is 3.67. The summed E-state index contributed by atoms with van der Waals surface area (Å²) in [5, 5.41) is 0. The van der Waals surface area contributed by atoms with E-state index in [0.717, 1.165) is 6.07 Å². The van der Waals surface area contributed by atoms with Crippen LogP contribution in [0.3, 0.4) is 0 Å². The number of alkyl halides is 3. The molecule has 2 aromatic rings. The molecule has 1 amide bonds. The van der Waals surface area contributed by atoms with Gasteiger partial charge >= 0.3 is 6.18 Å². The third kappa shape index (κ3) is 4.85. The van der Waals surface area contributed by atoms with Gasteiger partial charge in [-0.25, -0.2) is 0 Å². The van der Waals surface area contributed by atoms with Crippen LogP contribution in [-0.4, -0.2) is 17.9 Å². The van der Waals surface area contributed by atoms with Crippen molar-refractivity contribution in [3.05, 3.63) is 63.1 Å². The van der Waals surface area contributed by atoms with Crippen LogP contribution >= 0.6 is 22.6 Å². The van der Waals surface area contributed by atoms with Crippen LogP contribution in [0.1, 0.15) is 16.9 Å². The molecule has 1 aromatic heterocycles. The highest BCUT2D eigenvalue weighted by atomic mass is 127. The van der Waals surface area contributed by atoms with Crippen LogP contribution in [0.25, 0.3) is 6.08 Å². The van der Waals surface area contributed by atoms with E-state index in [-0.39, 0.29) is 12.1 Å². The molecule has 0 spiro atoms. The average Bonchev–Trinajstić information content (AvgIpc) is 2.89. The molecule has 0 unspecified atom stereocenters. The predicted molar refractivity (Wildman–Crippen MR) is 88.4 cm³/mol. The highest BCUT2D eigenvalue weighted by Gasteiger charge is 2.33. The van der Waals surface area contributed by atoms with Crippen LogP contribution in [0, 0.1) is 3.77 Å². The molecule has 0 saturated carbocycles. The Labute approximate surface area is 144 Å². The van der Waals surface area contributed by atoms with E-state index in [0.29, 0.717) is 9.53 Å². The fourth-order valence-corrected chi connectivity index (χ4v) is 2.40. The van der Waals surface area contributed by atoms with E-state index in [2.05, 4.69) is 0 Å². The highest BCUT2D eigenvalue weighted by molar-refractivity contribution is 14.1. The Morgan fingerprint density at radius 1 is 1.26 bits per heavy atom. The second kappa shape index (κ2) is 7.20. The largest absolute Gasteiger partial charge is 0.451 e. The van der Waals surface area contributed by atoms with Crippen LogP contribution in [0.15, 0.2) is 46.9 Å². The molecule has 0 saturated heterocycles. The van der Waals surface area contributed by atoms with E-state index in [1.807, 2.05) is 22.6 Å². The summed E-state index contributed by atoms with van der Waals surface area (Å²) in [6, 6.07) is 8.66. The molecule has 122 valence electrons. The van der Waals surface area contributed by atoms with Crippen molar-refractivity contribution in [3.8, 4) is 0 Å². The van der Waals surface area contributed by atoms with Gasteiger partial charge in [-0.2, -0.15) is 13.2 Å². The second-order valence-corrected chi connectivity index (χ2v) is 5.89. The molecule has 0 bridgehead atoms. The maximum absolute atomic E-state index is 12.9. The molecule has 0 aliphatic rings. The van der Waals surface area contributed by atoms with Crippen molar-refractivity contribution < 1.29 is 22.4 Å². The number of benzene rings is 1. The van der Waals surface area contributed by atoms with E-state index in [1.165, 1.54) is 42.3 Å². The Morgan fingerprint density at radius 3 is 2.57 bits per heavy atom. The van der Waals surface area contributed by atoms with Crippen molar-refractivity contribution in [2.24, 2.45) is 0 Å². The van der Waals surface area contributed by atoms with Gasteiger partial charge in [0.15, 0.2) is 3.77 Å². The van der Waals surface area contributed by atoms with Gasteiger partial charge in [0.1, 0.15) is 5.76 Å². The zero-order valence-electron chi connectivity index (χ0n) is 12.1. The first-order chi connectivity index (χ1) is 10.8. The molecular weight excluding hydrogens is 422 g/mol. The Kier molecular flexibility index (Phi) is 5.51. The van der Waals surface area contributed by atoms with Crippen molar-refractivity contribution in [2.75, 3.05) is 7.05 Å². The molecule has 7 heteroatoms. The molecule has 1 heterocycles. The molecular formula is C16H13F3INO2. The van der Waals surface area contributed by atoms with Crippen molar-refractivity contribution in [3.63, 3.8) is 0 Å². The fraction of sp³-hybridized carbons (Fsp3) is 0.188. The van der Waals surface area contributed by atoms with Gasteiger partial charge in [0, 0.05) is 19.7 Å². The second-order valence-electron chi connectivity index (χ2n) is 4.82. The van der Waals surface area contributed by atoms with Crippen molar-refractivity contribution >= 4 is 34.6 Å². The molecule has 3 nitrogen and oxygen atoms in total. The zero-order valence-corrected chi connectivity index (χ0v) is 14.3. The van der Waals surface area contributed by atoms with Gasteiger partial charge in [-0.15, -0.1) is 0 Å². The molecule has 0 radical (unpaired) electrons. The Morgan fingerprint density at radius 2 is 1.96 bits per heavy atom. The maximum Gasteiger partial charge on any atom is 0.416 e. The third-order valence-electron chi connectivity index (χ3n) is 3.09. The zero-order chi connectivity index (χ0) is 17.0. The standard InChI is InChI=1S/C16H13F3INO2/c1-21(15(22)9-7-12-6-8-14(20)23-12)10-11-4-2-3-5-13(11)16(17,18)19/h2-9H,10H2,1H3/b9-7+. The summed E-state index contributed by atoms with van der Waals surface area (Å²) in [5.74, 6) is 0.0974. The molecule has 0 aliphatic heterocycles. The van der Waals surface area contributed by atoms with Crippen molar-refractivity contribution in [1.29, 1.82) is 0 Å². The summed E-state index contributed by atoms with van der Waals surface area (Å²) < 4.78 is 44.8. The van der Waals surface area contributed by atoms with Crippen LogP contribution < -0.4 is 0 Å². The Balaban J connectivity index is 2.08. The molecule has 0 atom stereocenters.